The first-order valence-electron chi connectivity index (χ1n) is 11.8. The number of halogens is 1. The maximum atomic E-state index is 12.1. The molecule has 4 rings (SSSR count). The van der Waals surface area contributed by atoms with Crippen molar-refractivity contribution in [2.75, 3.05) is 13.1 Å². The number of likely N-dealkylation sites (tertiary alicyclic amines) is 1. The molecule has 0 spiro atoms. The number of aromatic nitrogens is 1. The third-order valence-electron chi connectivity index (χ3n) is 7.24. The quantitative estimate of drug-likeness (QED) is 0.411. The van der Waals surface area contributed by atoms with Crippen molar-refractivity contribution in [3.63, 3.8) is 0 Å². The summed E-state index contributed by atoms with van der Waals surface area (Å²) in [5.74, 6) is 0.587. The molecule has 1 fully saturated rings. The molecule has 2 heterocycles. The lowest BCUT2D eigenvalue weighted by Crippen LogP contribution is -2.36. The summed E-state index contributed by atoms with van der Waals surface area (Å²) in [7, 11) is 0. The third-order valence-corrected chi connectivity index (χ3v) is 7.48. The number of carbonyl (C=O) groups excluding carboxylic acids is 2. The number of nitrogens with zero attached hydrogens (tertiary/aromatic N) is 2. The number of piperidine rings is 1. The van der Waals surface area contributed by atoms with E-state index in [-0.39, 0.29) is 5.91 Å². The van der Waals surface area contributed by atoms with E-state index in [4.69, 9.17) is 11.6 Å². The highest BCUT2D eigenvalue weighted by molar-refractivity contribution is 6.30. The number of hydrogen-bond donors (Lipinski definition) is 0. The van der Waals surface area contributed by atoms with Crippen LogP contribution in [0.1, 0.15) is 65.6 Å². The van der Waals surface area contributed by atoms with E-state index >= 15 is 0 Å². The summed E-state index contributed by atoms with van der Waals surface area (Å²) in [4.78, 5) is 30.1. The smallest absolute Gasteiger partial charge is 0.219 e. The highest BCUT2D eigenvalue weighted by atomic mass is 35.5. The van der Waals surface area contributed by atoms with Crippen molar-refractivity contribution in [3.05, 3.63) is 99.3 Å². The van der Waals surface area contributed by atoms with Crippen molar-refractivity contribution < 1.29 is 9.59 Å². The Kier molecular flexibility index (Phi) is 7.18. The topological polar surface area (TPSA) is 50.3 Å². The Morgan fingerprint density at radius 3 is 2.35 bits per heavy atom. The minimum Gasteiger partial charge on any atom is -0.343 e. The number of carbonyl (C=O) groups is 2. The van der Waals surface area contributed by atoms with Crippen LogP contribution in [0, 0.1) is 13.8 Å². The molecular formula is C29H31ClN2O2. The van der Waals surface area contributed by atoms with Crippen molar-refractivity contribution in [2.45, 2.75) is 51.4 Å². The first-order valence-corrected chi connectivity index (χ1v) is 12.2. The number of hydrogen-bond acceptors (Lipinski definition) is 3. The van der Waals surface area contributed by atoms with E-state index in [1.54, 1.807) is 6.92 Å². The molecular weight excluding hydrogens is 444 g/mol. The van der Waals surface area contributed by atoms with Crippen LogP contribution in [0.4, 0.5) is 0 Å². The highest BCUT2D eigenvalue weighted by Crippen LogP contribution is 2.44. The fraction of sp³-hybridized carbons (Fsp3) is 0.345. The molecule has 0 bridgehead atoms. The average Bonchev–Trinajstić information content (AvgIpc) is 2.83. The predicted molar refractivity (Wildman–Crippen MR) is 136 cm³/mol. The lowest BCUT2D eigenvalue weighted by atomic mass is 9.66. The molecule has 1 aromatic heterocycles. The number of aldehydes is 1. The van der Waals surface area contributed by atoms with Crippen LogP contribution in [0.3, 0.4) is 0 Å². The minimum absolute atomic E-state index is 0.151. The van der Waals surface area contributed by atoms with E-state index in [2.05, 4.69) is 35.3 Å². The molecule has 1 aliphatic rings. The molecule has 0 aliphatic carbocycles. The average molecular weight is 475 g/mol. The van der Waals surface area contributed by atoms with Crippen LogP contribution in [-0.4, -0.2) is 35.2 Å². The number of amides is 1. The summed E-state index contributed by atoms with van der Waals surface area (Å²) in [6.07, 6.45) is 5.08. The molecule has 0 unspecified atom stereocenters. The maximum absolute atomic E-state index is 12.1. The second-order valence-corrected chi connectivity index (χ2v) is 9.76. The van der Waals surface area contributed by atoms with Gasteiger partial charge in [-0.25, -0.2) is 0 Å². The summed E-state index contributed by atoms with van der Waals surface area (Å²) in [6.45, 7) is 7.27. The monoisotopic (exact) mass is 474 g/mol. The SMILES string of the molecule is CC(=O)N1CCC(c2ccc([C@](CC=O)(c3ccnc(C)c3)c3ccc(Cl)cc3C)cc2)CC1. The molecule has 1 aliphatic heterocycles. The zero-order valence-corrected chi connectivity index (χ0v) is 20.8. The van der Waals surface area contributed by atoms with Crippen LogP contribution >= 0.6 is 11.6 Å². The molecule has 3 aromatic rings. The Morgan fingerprint density at radius 2 is 1.76 bits per heavy atom. The minimum atomic E-state index is -0.638. The van der Waals surface area contributed by atoms with Gasteiger partial charge in [0.05, 0.1) is 5.41 Å². The zero-order valence-electron chi connectivity index (χ0n) is 20.1. The third kappa shape index (κ3) is 4.65. The molecule has 34 heavy (non-hydrogen) atoms. The van der Waals surface area contributed by atoms with Crippen LogP contribution in [0.5, 0.6) is 0 Å². The Bertz CT molecular complexity index is 1180. The van der Waals surface area contributed by atoms with Gasteiger partial charge in [-0.05, 0) is 84.7 Å². The van der Waals surface area contributed by atoms with E-state index in [9.17, 15) is 9.59 Å². The number of rotatable bonds is 6. The van der Waals surface area contributed by atoms with Crippen LogP contribution < -0.4 is 0 Å². The van der Waals surface area contributed by atoms with Gasteiger partial charge in [-0.15, -0.1) is 0 Å². The Balaban J connectivity index is 1.79. The van der Waals surface area contributed by atoms with Crippen LogP contribution in [0.15, 0.2) is 60.8 Å². The number of pyridine rings is 1. The second kappa shape index (κ2) is 10.1. The molecule has 0 saturated carbocycles. The van der Waals surface area contributed by atoms with Gasteiger partial charge in [-0.3, -0.25) is 9.78 Å². The lowest BCUT2D eigenvalue weighted by Gasteiger charge is -2.36. The summed E-state index contributed by atoms with van der Waals surface area (Å²) in [5.41, 5.74) is 5.78. The Hall–Kier alpha value is -2.98. The Labute approximate surface area is 207 Å². The van der Waals surface area contributed by atoms with Gasteiger partial charge >= 0.3 is 0 Å². The predicted octanol–water partition coefficient (Wildman–Crippen LogP) is 6.00. The van der Waals surface area contributed by atoms with Crippen molar-refractivity contribution in [1.29, 1.82) is 0 Å². The second-order valence-electron chi connectivity index (χ2n) is 9.32. The first kappa shape index (κ1) is 24.2. The molecule has 4 nitrogen and oxygen atoms in total. The molecule has 1 saturated heterocycles. The van der Waals surface area contributed by atoms with E-state index in [0.29, 0.717) is 17.4 Å². The highest BCUT2D eigenvalue weighted by Gasteiger charge is 2.37. The van der Waals surface area contributed by atoms with E-state index in [1.165, 1.54) is 5.56 Å². The maximum Gasteiger partial charge on any atom is 0.219 e. The summed E-state index contributed by atoms with van der Waals surface area (Å²) in [5, 5.41) is 0.680. The normalized spacial score (nSPS) is 16.2. The number of benzene rings is 2. The van der Waals surface area contributed by atoms with Gasteiger partial charge in [-0.2, -0.15) is 0 Å². The van der Waals surface area contributed by atoms with E-state index in [0.717, 1.165) is 60.2 Å². The van der Waals surface area contributed by atoms with Crippen molar-refractivity contribution in [3.8, 4) is 0 Å². The molecule has 176 valence electrons. The van der Waals surface area contributed by atoms with Crippen molar-refractivity contribution in [2.24, 2.45) is 0 Å². The lowest BCUT2D eigenvalue weighted by molar-refractivity contribution is -0.129. The largest absolute Gasteiger partial charge is 0.343 e. The molecule has 2 aromatic carbocycles. The van der Waals surface area contributed by atoms with E-state index in [1.807, 2.05) is 49.2 Å². The van der Waals surface area contributed by atoms with Crippen LogP contribution in [-0.2, 0) is 15.0 Å². The standard InChI is InChI=1S/C29H31ClN2O2/c1-20-18-27(30)8-9-28(20)29(13-17-33,26-10-14-31-21(2)19-26)25-6-4-23(5-7-25)24-11-15-32(16-12-24)22(3)34/h4-10,14,17-19,24H,11-13,15-16H2,1-3H3/t29-/m1/s1. The zero-order chi connectivity index (χ0) is 24.3. The fourth-order valence-electron chi connectivity index (χ4n) is 5.43. The van der Waals surface area contributed by atoms with Gasteiger partial charge in [-0.1, -0.05) is 41.9 Å². The first-order chi connectivity index (χ1) is 16.3. The summed E-state index contributed by atoms with van der Waals surface area (Å²) >= 11 is 6.29. The van der Waals surface area contributed by atoms with Gasteiger partial charge < -0.3 is 9.69 Å². The summed E-state index contributed by atoms with van der Waals surface area (Å²) < 4.78 is 0. The van der Waals surface area contributed by atoms with E-state index < -0.39 is 5.41 Å². The number of aryl methyl sites for hydroxylation is 2. The van der Waals surface area contributed by atoms with Gasteiger partial charge in [0.1, 0.15) is 6.29 Å². The van der Waals surface area contributed by atoms with Crippen LogP contribution in [0.25, 0.3) is 0 Å². The molecule has 1 atom stereocenters. The van der Waals surface area contributed by atoms with Gasteiger partial charge in [0.25, 0.3) is 0 Å². The Morgan fingerprint density at radius 1 is 1.06 bits per heavy atom. The van der Waals surface area contributed by atoms with Crippen molar-refractivity contribution in [1.82, 2.24) is 9.88 Å². The molecule has 1 amide bonds. The van der Waals surface area contributed by atoms with Gasteiger partial charge in [0.2, 0.25) is 5.91 Å². The van der Waals surface area contributed by atoms with Gasteiger partial charge in [0, 0.05) is 43.3 Å². The molecule has 0 N–H and O–H groups in total. The summed E-state index contributed by atoms with van der Waals surface area (Å²) in [6, 6.07) is 18.7. The van der Waals surface area contributed by atoms with Crippen LogP contribution in [0.2, 0.25) is 5.02 Å². The molecule has 0 radical (unpaired) electrons. The van der Waals surface area contributed by atoms with Gasteiger partial charge in [0.15, 0.2) is 0 Å². The molecule has 5 heteroatoms. The van der Waals surface area contributed by atoms with Crippen molar-refractivity contribution >= 4 is 23.8 Å². The fourth-order valence-corrected chi connectivity index (χ4v) is 5.66.